The number of pyridine rings is 1. The van der Waals surface area contributed by atoms with Gasteiger partial charge in [0.2, 0.25) is 0 Å². The summed E-state index contributed by atoms with van der Waals surface area (Å²) in [7, 11) is 0. The molecule has 0 aliphatic rings. The number of aryl methyl sites for hydroxylation is 2. The average Bonchev–Trinajstić information content (AvgIpc) is 2.78. The predicted octanol–water partition coefficient (Wildman–Crippen LogP) is 4.13. The molecule has 0 bridgehead atoms. The van der Waals surface area contributed by atoms with Gasteiger partial charge in [-0.1, -0.05) is 26.8 Å². The van der Waals surface area contributed by atoms with Gasteiger partial charge in [0.05, 0.1) is 5.69 Å². The van der Waals surface area contributed by atoms with Crippen LogP contribution in [-0.4, -0.2) is 16.5 Å². The van der Waals surface area contributed by atoms with Crippen molar-refractivity contribution in [2.45, 2.75) is 47.6 Å². The fourth-order valence-corrected chi connectivity index (χ4v) is 3.47. The van der Waals surface area contributed by atoms with Crippen LogP contribution in [0, 0.1) is 19.8 Å². The van der Waals surface area contributed by atoms with E-state index >= 15 is 0 Å². The summed E-state index contributed by atoms with van der Waals surface area (Å²) in [5.74, 6) is 0.618. The highest BCUT2D eigenvalue weighted by Gasteiger charge is 2.15. The Hall–Kier alpha value is -1.26. The van der Waals surface area contributed by atoms with Crippen LogP contribution in [0.5, 0.6) is 0 Å². The molecule has 4 heteroatoms. The molecule has 0 saturated heterocycles. The molecular formula is C17H25N3S. The lowest BCUT2D eigenvalue weighted by Gasteiger charge is -2.05. The zero-order valence-corrected chi connectivity index (χ0v) is 14.5. The third-order valence-corrected chi connectivity index (χ3v) is 4.44. The summed E-state index contributed by atoms with van der Waals surface area (Å²) in [6.45, 7) is 12.7. The molecule has 2 aromatic heterocycles. The number of hydrogen-bond donors (Lipinski definition) is 1. The summed E-state index contributed by atoms with van der Waals surface area (Å²) in [5.41, 5.74) is 4.66. The fraction of sp³-hybridized carbons (Fsp3) is 0.529. The number of rotatable bonds is 6. The van der Waals surface area contributed by atoms with Crippen molar-refractivity contribution in [2.75, 3.05) is 6.54 Å². The molecule has 0 amide bonds. The van der Waals surface area contributed by atoms with E-state index < -0.39 is 0 Å². The minimum Gasteiger partial charge on any atom is -0.312 e. The first-order valence-corrected chi connectivity index (χ1v) is 8.45. The van der Waals surface area contributed by atoms with Gasteiger partial charge in [-0.2, -0.15) is 0 Å². The van der Waals surface area contributed by atoms with E-state index in [0.717, 1.165) is 30.2 Å². The van der Waals surface area contributed by atoms with Crippen molar-refractivity contribution >= 4 is 11.3 Å². The van der Waals surface area contributed by atoms with Gasteiger partial charge in [-0.3, -0.25) is 4.98 Å². The minimum atomic E-state index is 0.618. The molecule has 0 spiro atoms. The van der Waals surface area contributed by atoms with E-state index in [2.05, 4.69) is 51.0 Å². The molecule has 2 rings (SSSR count). The summed E-state index contributed by atoms with van der Waals surface area (Å²) in [6.07, 6.45) is 2.96. The molecule has 114 valence electrons. The van der Waals surface area contributed by atoms with Gasteiger partial charge in [0, 0.05) is 17.6 Å². The first-order valence-electron chi connectivity index (χ1n) is 7.64. The van der Waals surface area contributed by atoms with Crippen molar-refractivity contribution in [3.05, 3.63) is 34.0 Å². The maximum Gasteiger partial charge on any atom is 0.142 e. The summed E-state index contributed by atoms with van der Waals surface area (Å²) in [5, 5.41) is 4.47. The topological polar surface area (TPSA) is 37.8 Å². The molecule has 0 aliphatic heterocycles. The lowest BCUT2D eigenvalue weighted by atomic mass is 10.1. The SMILES string of the molecule is CCNCc1sc(-c2ncc(C)cc2C)nc1CC(C)C. The van der Waals surface area contributed by atoms with Crippen molar-refractivity contribution in [1.29, 1.82) is 0 Å². The molecule has 0 aliphatic carbocycles. The van der Waals surface area contributed by atoms with E-state index in [1.807, 2.05) is 6.20 Å². The van der Waals surface area contributed by atoms with E-state index in [-0.39, 0.29) is 0 Å². The van der Waals surface area contributed by atoms with Gasteiger partial charge in [-0.25, -0.2) is 4.98 Å². The number of nitrogens with zero attached hydrogens (tertiary/aromatic N) is 2. The first-order chi connectivity index (χ1) is 10.0. The van der Waals surface area contributed by atoms with Crippen LogP contribution in [0.25, 0.3) is 10.7 Å². The Morgan fingerprint density at radius 3 is 2.67 bits per heavy atom. The van der Waals surface area contributed by atoms with Crippen LogP contribution < -0.4 is 5.32 Å². The second kappa shape index (κ2) is 7.14. The van der Waals surface area contributed by atoms with Crippen LogP contribution >= 0.6 is 11.3 Å². The highest BCUT2D eigenvalue weighted by Crippen LogP contribution is 2.30. The molecule has 21 heavy (non-hydrogen) atoms. The Kier molecular flexibility index (Phi) is 5.48. The zero-order chi connectivity index (χ0) is 15.4. The molecule has 1 N–H and O–H groups in total. The maximum atomic E-state index is 4.88. The van der Waals surface area contributed by atoms with Crippen molar-refractivity contribution in [1.82, 2.24) is 15.3 Å². The number of hydrogen-bond acceptors (Lipinski definition) is 4. The molecule has 0 saturated carbocycles. The molecular weight excluding hydrogens is 278 g/mol. The van der Waals surface area contributed by atoms with Crippen LogP contribution in [0.4, 0.5) is 0 Å². The van der Waals surface area contributed by atoms with E-state index in [0.29, 0.717) is 5.92 Å². The molecule has 0 unspecified atom stereocenters. The van der Waals surface area contributed by atoms with Gasteiger partial charge in [0.1, 0.15) is 10.7 Å². The minimum absolute atomic E-state index is 0.618. The monoisotopic (exact) mass is 303 g/mol. The van der Waals surface area contributed by atoms with Crippen molar-refractivity contribution in [2.24, 2.45) is 5.92 Å². The molecule has 0 aromatic carbocycles. The Balaban J connectivity index is 2.37. The Morgan fingerprint density at radius 2 is 2.05 bits per heavy atom. The molecule has 0 atom stereocenters. The average molecular weight is 303 g/mol. The van der Waals surface area contributed by atoms with Gasteiger partial charge in [0.25, 0.3) is 0 Å². The Labute approximate surface area is 131 Å². The van der Waals surface area contributed by atoms with Gasteiger partial charge in [-0.15, -0.1) is 11.3 Å². The van der Waals surface area contributed by atoms with Gasteiger partial charge < -0.3 is 5.32 Å². The lowest BCUT2D eigenvalue weighted by molar-refractivity contribution is 0.627. The third kappa shape index (κ3) is 4.11. The van der Waals surface area contributed by atoms with Crippen molar-refractivity contribution in [3.8, 4) is 10.7 Å². The second-order valence-electron chi connectivity index (χ2n) is 5.95. The van der Waals surface area contributed by atoms with E-state index in [4.69, 9.17) is 4.98 Å². The zero-order valence-electron chi connectivity index (χ0n) is 13.7. The second-order valence-corrected chi connectivity index (χ2v) is 7.03. The summed E-state index contributed by atoms with van der Waals surface area (Å²) in [4.78, 5) is 10.8. The largest absolute Gasteiger partial charge is 0.312 e. The molecule has 2 heterocycles. The summed E-state index contributed by atoms with van der Waals surface area (Å²) < 4.78 is 0. The molecule has 2 aromatic rings. The molecule has 0 fully saturated rings. The third-order valence-electron chi connectivity index (χ3n) is 3.33. The summed E-state index contributed by atoms with van der Waals surface area (Å²) in [6, 6.07) is 2.18. The predicted molar refractivity (Wildman–Crippen MR) is 90.7 cm³/mol. The Morgan fingerprint density at radius 1 is 1.29 bits per heavy atom. The standard InChI is InChI=1S/C17H25N3S/c1-6-18-10-15-14(7-11(2)3)20-17(21-15)16-13(5)8-12(4)9-19-16/h8-9,11,18H,6-7,10H2,1-5H3. The maximum absolute atomic E-state index is 4.88. The van der Waals surface area contributed by atoms with Gasteiger partial charge in [-0.05, 0) is 43.9 Å². The van der Waals surface area contributed by atoms with Gasteiger partial charge in [0.15, 0.2) is 0 Å². The number of nitrogens with one attached hydrogen (secondary N) is 1. The molecule has 0 radical (unpaired) electrons. The van der Waals surface area contributed by atoms with Crippen molar-refractivity contribution < 1.29 is 0 Å². The first kappa shape index (κ1) is 16.1. The van der Waals surface area contributed by atoms with E-state index in [1.165, 1.54) is 21.7 Å². The normalized spacial score (nSPS) is 11.3. The lowest BCUT2D eigenvalue weighted by Crippen LogP contribution is -2.12. The quantitative estimate of drug-likeness (QED) is 0.872. The van der Waals surface area contributed by atoms with Crippen LogP contribution in [0.15, 0.2) is 12.3 Å². The van der Waals surface area contributed by atoms with Crippen LogP contribution in [0.2, 0.25) is 0 Å². The number of aromatic nitrogens is 2. The van der Waals surface area contributed by atoms with Crippen LogP contribution in [0.3, 0.4) is 0 Å². The smallest absolute Gasteiger partial charge is 0.142 e. The summed E-state index contributed by atoms with van der Waals surface area (Å²) >= 11 is 1.78. The number of thiazole rings is 1. The highest BCUT2D eigenvalue weighted by atomic mass is 32.1. The van der Waals surface area contributed by atoms with E-state index in [1.54, 1.807) is 11.3 Å². The van der Waals surface area contributed by atoms with Crippen LogP contribution in [-0.2, 0) is 13.0 Å². The Bertz CT molecular complexity index is 602. The van der Waals surface area contributed by atoms with E-state index in [9.17, 15) is 0 Å². The van der Waals surface area contributed by atoms with Gasteiger partial charge >= 0.3 is 0 Å². The molecule has 3 nitrogen and oxygen atoms in total. The highest BCUT2D eigenvalue weighted by molar-refractivity contribution is 7.15. The van der Waals surface area contributed by atoms with Crippen LogP contribution in [0.1, 0.15) is 42.5 Å². The fourth-order valence-electron chi connectivity index (χ4n) is 2.35. The van der Waals surface area contributed by atoms with Crippen molar-refractivity contribution in [3.63, 3.8) is 0 Å².